The van der Waals surface area contributed by atoms with Crippen molar-refractivity contribution in [2.75, 3.05) is 38.8 Å². The lowest BCUT2D eigenvalue weighted by atomic mass is 10.0. The number of fused-ring (bicyclic) bond motifs is 1. The van der Waals surface area contributed by atoms with Crippen molar-refractivity contribution in [1.29, 1.82) is 0 Å². The van der Waals surface area contributed by atoms with Gasteiger partial charge in [-0.15, -0.1) is 0 Å². The summed E-state index contributed by atoms with van der Waals surface area (Å²) < 4.78 is 11.1. The van der Waals surface area contributed by atoms with Crippen LogP contribution in [0.25, 0.3) is 0 Å². The van der Waals surface area contributed by atoms with Crippen LogP contribution in [0.2, 0.25) is 0 Å². The molecule has 2 heterocycles. The lowest BCUT2D eigenvalue weighted by Gasteiger charge is -2.19. The van der Waals surface area contributed by atoms with E-state index in [1.807, 2.05) is 18.2 Å². The maximum absolute atomic E-state index is 12.4. The van der Waals surface area contributed by atoms with Crippen LogP contribution in [0.3, 0.4) is 0 Å². The van der Waals surface area contributed by atoms with Gasteiger partial charge < -0.3 is 19.7 Å². The van der Waals surface area contributed by atoms with Crippen molar-refractivity contribution in [2.45, 2.75) is 18.9 Å². The van der Waals surface area contributed by atoms with Gasteiger partial charge in [-0.3, -0.25) is 4.79 Å². The van der Waals surface area contributed by atoms with E-state index in [4.69, 9.17) is 9.47 Å². The van der Waals surface area contributed by atoms with Crippen molar-refractivity contribution in [1.82, 2.24) is 5.32 Å². The zero-order chi connectivity index (χ0) is 16.2. The van der Waals surface area contributed by atoms with Crippen molar-refractivity contribution in [2.24, 2.45) is 5.92 Å². The fourth-order valence-electron chi connectivity index (χ4n) is 2.81. The largest absolute Gasteiger partial charge is 0.489 e. The summed E-state index contributed by atoms with van der Waals surface area (Å²) >= 11 is 0. The van der Waals surface area contributed by atoms with Crippen molar-refractivity contribution < 1.29 is 14.3 Å². The maximum atomic E-state index is 12.4. The standard InChI is InChI=1S/C18H22N2O3/c1-19-15-12-23-17-6-5-14(11-16(17)20(2)18(15)21)4-3-13-7-9-22-10-8-13/h5-6,11,13,15,19H,7-10,12H2,1-2H3. The highest BCUT2D eigenvalue weighted by Crippen LogP contribution is 2.31. The van der Waals surface area contributed by atoms with Gasteiger partial charge in [0, 0.05) is 31.7 Å². The number of likely N-dealkylation sites (N-methyl/N-ethyl adjacent to an activating group) is 2. The number of hydrogen-bond acceptors (Lipinski definition) is 4. The quantitative estimate of drug-likeness (QED) is 0.796. The van der Waals surface area contributed by atoms with Crippen molar-refractivity contribution >= 4 is 11.6 Å². The molecule has 1 fully saturated rings. The van der Waals surface area contributed by atoms with E-state index in [9.17, 15) is 4.79 Å². The summed E-state index contributed by atoms with van der Waals surface area (Å²) in [6.45, 7) is 1.92. The lowest BCUT2D eigenvalue weighted by molar-refractivity contribution is -0.120. The van der Waals surface area contributed by atoms with Gasteiger partial charge in [0.25, 0.3) is 0 Å². The molecule has 5 heteroatoms. The number of anilines is 1. The van der Waals surface area contributed by atoms with Gasteiger partial charge in [0.2, 0.25) is 5.91 Å². The molecule has 1 unspecified atom stereocenters. The first-order chi connectivity index (χ1) is 11.2. The van der Waals surface area contributed by atoms with E-state index >= 15 is 0 Å². The Labute approximate surface area is 136 Å². The number of rotatable bonds is 1. The molecule has 23 heavy (non-hydrogen) atoms. The van der Waals surface area contributed by atoms with E-state index in [1.54, 1.807) is 19.0 Å². The van der Waals surface area contributed by atoms with Crippen LogP contribution in [-0.4, -0.2) is 45.9 Å². The second kappa shape index (κ2) is 7.03. The second-order valence-electron chi connectivity index (χ2n) is 5.89. The summed E-state index contributed by atoms with van der Waals surface area (Å²) in [6, 6.07) is 5.44. The van der Waals surface area contributed by atoms with E-state index < -0.39 is 0 Å². The fraction of sp³-hybridized carbons (Fsp3) is 0.500. The number of ether oxygens (including phenoxy) is 2. The average Bonchev–Trinajstić information content (AvgIpc) is 2.71. The Bertz CT molecular complexity index is 641. The van der Waals surface area contributed by atoms with Crippen LogP contribution in [0.4, 0.5) is 5.69 Å². The number of nitrogens with one attached hydrogen (secondary N) is 1. The first-order valence-corrected chi connectivity index (χ1v) is 8.00. The number of carbonyl (C=O) groups excluding carboxylic acids is 1. The van der Waals surface area contributed by atoms with Gasteiger partial charge >= 0.3 is 0 Å². The molecule has 5 nitrogen and oxygen atoms in total. The third-order valence-corrected chi connectivity index (χ3v) is 4.34. The Morgan fingerprint density at radius 2 is 2.09 bits per heavy atom. The molecule has 1 aromatic carbocycles. The van der Waals surface area contributed by atoms with Crippen molar-refractivity contribution in [3.8, 4) is 17.6 Å². The Kier molecular flexibility index (Phi) is 4.85. The van der Waals surface area contributed by atoms with E-state index in [0.717, 1.165) is 43.1 Å². The zero-order valence-electron chi connectivity index (χ0n) is 13.6. The molecule has 1 atom stereocenters. The van der Waals surface area contributed by atoms with Crippen molar-refractivity contribution in [3.05, 3.63) is 23.8 Å². The van der Waals surface area contributed by atoms with Gasteiger partial charge in [-0.2, -0.15) is 0 Å². The van der Waals surface area contributed by atoms with Gasteiger partial charge in [-0.1, -0.05) is 11.8 Å². The Morgan fingerprint density at radius 1 is 1.30 bits per heavy atom. The van der Waals surface area contributed by atoms with Gasteiger partial charge in [0.15, 0.2) is 0 Å². The third-order valence-electron chi connectivity index (χ3n) is 4.34. The van der Waals surface area contributed by atoms with E-state index in [1.165, 1.54) is 0 Å². The Balaban J connectivity index is 1.83. The highest BCUT2D eigenvalue weighted by Gasteiger charge is 2.28. The van der Waals surface area contributed by atoms with Crippen LogP contribution < -0.4 is 15.0 Å². The molecule has 0 aliphatic carbocycles. The summed E-state index contributed by atoms with van der Waals surface area (Å²) in [6.07, 6.45) is 1.98. The first kappa shape index (κ1) is 15.9. The van der Waals surface area contributed by atoms with Gasteiger partial charge in [-0.05, 0) is 38.1 Å². The minimum Gasteiger partial charge on any atom is -0.489 e. The monoisotopic (exact) mass is 314 g/mol. The molecule has 1 saturated heterocycles. The van der Waals surface area contributed by atoms with Crippen LogP contribution in [-0.2, 0) is 9.53 Å². The summed E-state index contributed by atoms with van der Waals surface area (Å²) in [5.74, 6) is 7.66. The van der Waals surface area contributed by atoms with Crippen LogP contribution in [0.15, 0.2) is 18.2 Å². The molecule has 3 rings (SSSR count). The predicted octanol–water partition coefficient (Wildman–Crippen LogP) is 1.41. The number of carbonyl (C=O) groups is 1. The maximum Gasteiger partial charge on any atom is 0.247 e. The summed E-state index contributed by atoms with van der Waals surface area (Å²) in [5, 5.41) is 2.99. The third kappa shape index (κ3) is 3.49. The van der Waals surface area contributed by atoms with Crippen LogP contribution in [0.1, 0.15) is 18.4 Å². The van der Waals surface area contributed by atoms with Crippen LogP contribution in [0, 0.1) is 17.8 Å². The molecule has 2 aliphatic rings. The lowest BCUT2D eigenvalue weighted by Crippen LogP contribution is -2.45. The van der Waals surface area contributed by atoms with E-state index in [-0.39, 0.29) is 11.9 Å². The number of benzene rings is 1. The molecule has 0 spiro atoms. The van der Waals surface area contributed by atoms with Crippen molar-refractivity contribution in [3.63, 3.8) is 0 Å². The number of amides is 1. The van der Waals surface area contributed by atoms with E-state index in [0.29, 0.717) is 12.5 Å². The normalized spacial score (nSPS) is 21.7. The molecule has 0 aromatic heterocycles. The molecule has 1 aromatic rings. The molecule has 0 bridgehead atoms. The minimum atomic E-state index is -0.329. The van der Waals surface area contributed by atoms with Gasteiger partial charge in [0.05, 0.1) is 5.69 Å². The van der Waals surface area contributed by atoms with E-state index in [2.05, 4.69) is 17.2 Å². The summed E-state index contributed by atoms with van der Waals surface area (Å²) in [5.41, 5.74) is 1.67. The van der Waals surface area contributed by atoms with Crippen LogP contribution >= 0.6 is 0 Å². The summed E-state index contributed by atoms with van der Waals surface area (Å²) in [7, 11) is 3.54. The first-order valence-electron chi connectivity index (χ1n) is 8.00. The molecule has 122 valence electrons. The Morgan fingerprint density at radius 3 is 2.83 bits per heavy atom. The molecular weight excluding hydrogens is 292 g/mol. The van der Waals surface area contributed by atoms with Gasteiger partial charge in [0.1, 0.15) is 18.4 Å². The molecule has 0 radical (unpaired) electrons. The average molecular weight is 314 g/mol. The number of hydrogen-bond donors (Lipinski definition) is 1. The smallest absolute Gasteiger partial charge is 0.247 e. The molecule has 1 N–H and O–H groups in total. The SMILES string of the molecule is CNC1COc2ccc(C#CC3CCOCC3)cc2N(C)C1=O. The zero-order valence-corrected chi connectivity index (χ0v) is 13.6. The highest BCUT2D eigenvalue weighted by atomic mass is 16.5. The topological polar surface area (TPSA) is 50.8 Å². The molecule has 2 aliphatic heterocycles. The second-order valence-corrected chi connectivity index (χ2v) is 5.89. The van der Waals surface area contributed by atoms with Gasteiger partial charge in [-0.25, -0.2) is 0 Å². The highest BCUT2D eigenvalue weighted by molar-refractivity contribution is 5.99. The number of nitrogens with zero attached hydrogens (tertiary/aromatic N) is 1. The fourth-order valence-corrected chi connectivity index (χ4v) is 2.81. The molecule has 0 saturated carbocycles. The molecular formula is C18H22N2O3. The summed E-state index contributed by atoms with van der Waals surface area (Å²) in [4.78, 5) is 14.0. The molecule has 1 amide bonds. The predicted molar refractivity (Wildman–Crippen MR) is 88.6 cm³/mol. The Hall–Kier alpha value is -2.03. The minimum absolute atomic E-state index is 0.000730. The van der Waals surface area contributed by atoms with Crippen LogP contribution in [0.5, 0.6) is 5.75 Å².